The summed E-state index contributed by atoms with van der Waals surface area (Å²) in [4.78, 5) is 60.1. The van der Waals surface area contributed by atoms with E-state index < -0.39 is 35.4 Å². The molecule has 3 aromatic carbocycles. The quantitative estimate of drug-likeness (QED) is 0.0693. The van der Waals surface area contributed by atoms with Crippen LogP contribution in [0.2, 0.25) is 5.02 Å². The Hall–Kier alpha value is -6.80. The number of likely N-dealkylation sites (tertiary alicyclic amines) is 1. The van der Waals surface area contributed by atoms with Gasteiger partial charge in [-0.3, -0.25) is 23.9 Å². The lowest BCUT2D eigenvalue weighted by atomic mass is 9.85. The summed E-state index contributed by atoms with van der Waals surface area (Å²) >= 11 is 7.75. The maximum absolute atomic E-state index is 13.9. The monoisotopic (exact) mass is 941 g/mol. The van der Waals surface area contributed by atoms with E-state index in [0.717, 1.165) is 27.3 Å². The van der Waals surface area contributed by atoms with Gasteiger partial charge >= 0.3 is 0 Å². The number of β-amino-alcohol motifs (C(OH)–C–C–N with tert-alkyl or cyclic N) is 1. The number of nitrogens with zero attached hydrogens (tertiary/aromatic N) is 5. The number of hydrogen-bond donors (Lipinski definition) is 3. The average molecular weight is 943 g/mol. The fraction of sp³-hybridized carbons (Fsp3) is 0.353. The van der Waals surface area contributed by atoms with Crippen LogP contribution in [0.3, 0.4) is 0 Å². The van der Waals surface area contributed by atoms with Crippen LogP contribution in [0.25, 0.3) is 21.7 Å². The highest BCUT2D eigenvalue weighted by Crippen LogP contribution is 2.30. The highest BCUT2D eigenvalue weighted by Gasteiger charge is 2.44. The molecule has 3 heterocycles. The Balaban J connectivity index is 0.890. The van der Waals surface area contributed by atoms with Crippen molar-refractivity contribution in [3.05, 3.63) is 112 Å². The van der Waals surface area contributed by atoms with Gasteiger partial charge in [-0.2, -0.15) is 10.4 Å². The predicted molar refractivity (Wildman–Crippen MR) is 256 cm³/mol. The van der Waals surface area contributed by atoms with Gasteiger partial charge in [0.05, 0.1) is 51.1 Å². The molecular formula is C51H52ClN7O7S. The molecule has 0 saturated carbocycles. The highest BCUT2D eigenvalue weighted by atomic mass is 35.5. The van der Waals surface area contributed by atoms with E-state index in [2.05, 4.69) is 44.4 Å². The number of hydrogen-bond acceptors (Lipinski definition) is 11. The molecule has 14 nitrogen and oxygen atoms in total. The van der Waals surface area contributed by atoms with Crippen molar-refractivity contribution in [3.8, 4) is 57.2 Å². The third kappa shape index (κ3) is 13.9. The van der Waals surface area contributed by atoms with E-state index in [0.29, 0.717) is 40.6 Å². The van der Waals surface area contributed by atoms with E-state index in [1.807, 2.05) is 82.7 Å². The first-order chi connectivity index (χ1) is 32.1. The van der Waals surface area contributed by atoms with E-state index in [4.69, 9.17) is 26.3 Å². The van der Waals surface area contributed by atoms with Crippen molar-refractivity contribution < 1.29 is 33.8 Å². The van der Waals surface area contributed by atoms with Crippen LogP contribution in [-0.2, 0) is 32.1 Å². The summed E-state index contributed by atoms with van der Waals surface area (Å²) in [6.45, 7) is 9.35. The summed E-state index contributed by atoms with van der Waals surface area (Å²) in [5.74, 6) is 10.00. The third-order valence-electron chi connectivity index (χ3n) is 10.9. The number of halogens is 1. The van der Waals surface area contributed by atoms with Crippen molar-refractivity contribution in [2.45, 2.75) is 84.7 Å². The molecule has 0 radical (unpaired) electrons. The number of nitriles is 1. The molecule has 1 aliphatic rings. The molecule has 6 rings (SSSR count). The molecule has 2 aromatic heterocycles. The van der Waals surface area contributed by atoms with E-state index in [1.165, 1.54) is 4.90 Å². The van der Waals surface area contributed by atoms with E-state index in [-0.39, 0.29) is 56.9 Å². The van der Waals surface area contributed by atoms with Crippen LogP contribution in [0.4, 0.5) is 0 Å². The van der Waals surface area contributed by atoms with Crippen molar-refractivity contribution in [2.24, 2.45) is 5.41 Å². The molecule has 1 aliphatic heterocycles. The number of rotatable bonds is 17. The topological polar surface area (TPSA) is 189 Å². The number of ether oxygens (including phenoxy) is 2. The second kappa shape index (κ2) is 23.1. The molecule has 0 bridgehead atoms. The Morgan fingerprint density at radius 3 is 2.37 bits per heavy atom. The van der Waals surface area contributed by atoms with Crippen LogP contribution < -0.4 is 15.4 Å². The second-order valence-corrected chi connectivity index (χ2v) is 18.5. The zero-order chi connectivity index (χ0) is 48.1. The van der Waals surface area contributed by atoms with Gasteiger partial charge in [0.1, 0.15) is 37.7 Å². The van der Waals surface area contributed by atoms with E-state index in [1.54, 1.807) is 58.5 Å². The summed E-state index contributed by atoms with van der Waals surface area (Å²) in [6, 6.07) is 21.7. The molecule has 67 heavy (non-hydrogen) atoms. The van der Waals surface area contributed by atoms with Crippen LogP contribution in [0, 0.1) is 47.4 Å². The molecule has 1 saturated heterocycles. The molecule has 0 unspecified atom stereocenters. The van der Waals surface area contributed by atoms with Crippen molar-refractivity contribution >= 4 is 46.4 Å². The smallest absolute Gasteiger partial charge is 0.251 e. The van der Waals surface area contributed by atoms with Crippen LogP contribution in [0.15, 0.2) is 84.5 Å². The van der Waals surface area contributed by atoms with Crippen LogP contribution >= 0.6 is 22.9 Å². The summed E-state index contributed by atoms with van der Waals surface area (Å²) in [6.07, 6.45) is 1.80. The molecule has 346 valence electrons. The lowest BCUT2D eigenvalue weighted by molar-refractivity contribution is -0.144. The molecule has 0 aliphatic carbocycles. The van der Waals surface area contributed by atoms with Gasteiger partial charge in [-0.15, -0.1) is 11.3 Å². The molecule has 4 atom stereocenters. The SMILES string of the molecule is Cc1ncsc1-c1ccc(CCC(=O)[C@@H]2C[C@@H](O)CN2C(=O)[C@@H](NC(=O)COCC#CC#CCOc2ccc(C(=O)N[C@@H](C)Cn3ccc(-c4ccc(C#N)c(Cl)c4)n3)cc2)C(C)(C)C)cc1. The molecule has 16 heteroatoms. The number of carbonyl (C=O) groups excluding carboxylic acids is 4. The number of thiazole rings is 1. The van der Waals surface area contributed by atoms with Gasteiger partial charge in [0.25, 0.3) is 5.91 Å². The van der Waals surface area contributed by atoms with Crippen LogP contribution in [-0.4, -0.2) is 98.9 Å². The number of aliphatic hydroxyl groups excluding tert-OH is 1. The van der Waals surface area contributed by atoms with Crippen LogP contribution in [0.5, 0.6) is 5.75 Å². The van der Waals surface area contributed by atoms with Crippen molar-refractivity contribution in [1.29, 1.82) is 5.26 Å². The number of carbonyl (C=O) groups is 4. The molecular weight excluding hydrogens is 890 g/mol. The molecule has 5 aromatic rings. The van der Waals surface area contributed by atoms with Crippen molar-refractivity contribution in [3.63, 3.8) is 0 Å². The second-order valence-electron chi connectivity index (χ2n) is 17.2. The normalized spacial score (nSPS) is 15.2. The van der Waals surface area contributed by atoms with Crippen LogP contribution in [0.1, 0.15) is 67.7 Å². The van der Waals surface area contributed by atoms with Gasteiger partial charge in [0, 0.05) is 42.8 Å². The Morgan fingerprint density at radius 2 is 1.70 bits per heavy atom. The number of nitrogens with one attached hydrogen (secondary N) is 2. The number of aromatic nitrogens is 3. The largest absolute Gasteiger partial charge is 0.481 e. The number of ketones is 1. The maximum Gasteiger partial charge on any atom is 0.251 e. The lowest BCUT2D eigenvalue weighted by Crippen LogP contribution is -2.57. The van der Waals surface area contributed by atoms with Crippen molar-refractivity contribution in [2.75, 3.05) is 26.4 Å². The Kier molecular flexibility index (Phi) is 17.1. The Bertz CT molecular complexity index is 2730. The molecule has 0 spiro atoms. The average Bonchev–Trinajstić information content (AvgIpc) is 4.06. The zero-order valence-corrected chi connectivity index (χ0v) is 39.5. The summed E-state index contributed by atoms with van der Waals surface area (Å²) in [5.41, 5.74) is 6.47. The minimum atomic E-state index is -0.974. The van der Waals surface area contributed by atoms with Gasteiger partial charge in [-0.1, -0.05) is 68.6 Å². The fourth-order valence-electron chi connectivity index (χ4n) is 7.41. The highest BCUT2D eigenvalue weighted by molar-refractivity contribution is 7.13. The first-order valence-corrected chi connectivity index (χ1v) is 23.0. The summed E-state index contributed by atoms with van der Waals surface area (Å²) in [5, 5.41) is 30.4. The van der Waals surface area contributed by atoms with Gasteiger partial charge in [0.2, 0.25) is 11.8 Å². The summed E-state index contributed by atoms with van der Waals surface area (Å²) in [7, 11) is 0. The maximum atomic E-state index is 13.9. The molecule has 1 fully saturated rings. The number of Topliss-reactive ketones (excluding diaryl/α,β-unsaturated/α-hetero) is 1. The minimum absolute atomic E-state index is 0.00114. The van der Waals surface area contributed by atoms with Gasteiger partial charge in [-0.05, 0) is 97.0 Å². The third-order valence-corrected chi connectivity index (χ3v) is 12.2. The number of aliphatic hydroxyl groups is 1. The predicted octanol–water partition coefficient (Wildman–Crippen LogP) is 6.42. The fourth-order valence-corrected chi connectivity index (χ4v) is 8.44. The Labute approximate surface area is 399 Å². The zero-order valence-electron chi connectivity index (χ0n) is 38.0. The van der Waals surface area contributed by atoms with Crippen molar-refractivity contribution in [1.82, 2.24) is 30.3 Å². The van der Waals surface area contributed by atoms with Gasteiger partial charge < -0.3 is 30.1 Å². The standard InChI is InChI=1S/C51H52ClN7O7S/c1-33(29-58-23-22-43(57-58)38-15-16-39(28-53)42(52)26-38)55-49(63)37-17-19-41(20-18-37)66-25-9-7-6-8-24-65-31-46(62)56-48(51(3,4)5)50(64)59-30-40(60)27-44(59)45(61)21-12-35-10-13-36(14-11-35)47-34(2)54-32-67-47/h10-11,13-20,22-23,26,32-33,40,44,48,60H,12,21,24-25,27,29-31H2,1-5H3,(H,55,63)(H,56,62)/t33-,40+,44-,48+/m0/s1. The summed E-state index contributed by atoms with van der Waals surface area (Å²) < 4.78 is 12.8. The van der Waals surface area contributed by atoms with E-state index in [9.17, 15) is 24.3 Å². The number of aryl methyl sites for hydroxylation is 2. The minimum Gasteiger partial charge on any atom is -0.481 e. The van der Waals surface area contributed by atoms with E-state index >= 15 is 0 Å². The van der Waals surface area contributed by atoms with Gasteiger partial charge in [0.15, 0.2) is 5.78 Å². The number of benzene rings is 3. The first-order valence-electron chi connectivity index (χ1n) is 21.7. The molecule has 3 amide bonds. The molecule has 3 N–H and O–H groups in total. The number of amides is 3. The lowest BCUT2D eigenvalue weighted by Gasteiger charge is -2.35. The van der Waals surface area contributed by atoms with Gasteiger partial charge in [-0.25, -0.2) is 4.98 Å². The Morgan fingerprint density at radius 1 is 0.985 bits per heavy atom. The first kappa shape index (κ1) is 49.6.